The fraction of sp³-hybridized carbons (Fsp3) is 0.538. The third kappa shape index (κ3) is 8.23. The minimum Gasteiger partial charge on any atom is -0.336 e. The number of nitrogens with one attached hydrogen (secondary N) is 1. The molecule has 2 saturated heterocycles. The second-order valence-corrected chi connectivity index (χ2v) is 9.99. The Bertz CT molecular complexity index is 815. The Morgan fingerprint density at radius 3 is 2.03 bits per heavy atom. The van der Waals surface area contributed by atoms with E-state index in [4.69, 9.17) is 0 Å². The SMILES string of the molecule is C1CCNC1.CC(=O)C(C)C.Cc1ccc(-c2ccc(C(=O)N3CCCC3C)cc2)s1. The monoisotopic (exact) mass is 442 g/mol. The van der Waals surface area contributed by atoms with E-state index in [2.05, 4.69) is 43.4 Å². The van der Waals surface area contributed by atoms with Crippen LogP contribution in [0.3, 0.4) is 0 Å². The van der Waals surface area contributed by atoms with Crippen molar-refractivity contribution in [1.82, 2.24) is 10.2 Å². The third-order valence-corrected chi connectivity index (χ3v) is 6.79. The Morgan fingerprint density at radius 2 is 1.65 bits per heavy atom. The molecule has 1 N–H and O–H groups in total. The van der Waals surface area contributed by atoms with Crippen LogP contribution in [-0.4, -0.2) is 42.3 Å². The molecule has 0 aliphatic carbocycles. The summed E-state index contributed by atoms with van der Waals surface area (Å²) in [5.74, 6) is 0.643. The van der Waals surface area contributed by atoms with Crippen LogP contribution >= 0.6 is 11.3 Å². The molecule has 4 nitrogen and oxygen atoms in total. The van der Waals surface area contributed by atoms with Crippen LogP contribution in [0.1, 0.15) is 68.6 Å². The molecule has 31 heavy (non-hydrogen) atoms. The smallest absolute Gasteiger partial charge is 0.254 e. The maximum absolute atomic E-state index is 12.4. The van der Waals surface area contributed by atoms with Gasteiger partial charge in [-0.15, -0.1) is 11.3 Å². The summed E-state index contributed by atoms with van der Waals surface area (Å²) in [7, 11) is 0. The molecule has 0 saturated carbocycles. The lowest BCUT2D eigenvalue weighted by molar-refractivity contribution is -0.119. The zero-order chi connectivity index (χ0) is 22.8. The fourth-order valence-electron chi connectivity index (χ4n) is 3.39. The van der Waals surface area contributed by atoms with Gasteiger partial charge in [-0.3, -0.25) is 9.59 Å². The first-order valence-corrected chi connectivity index (χ1v) is 12.3. The number of carbonyl (C=O) groups is 2. The van der Waals surface area contributed by atoms with Gasteiger partial charge in [-0.05, 0) is 89.4 Å². The normalized spacial score (nSPS) is 17.6. The van der Waals surface area contributed by atoms with E-state index in [0.717, 1.165) is 24.9 Å². The van der Waals surface area contributed by atoms with Gasteiger partial charge in [-0.1, -0.05) is 26.0 Å². The van der Waals surface area contributed by atoms with Crippen molar-refractivity contribution in [3.05, 3.63) is 46.8 Å². The molecule has 2 aliphatic heterocycles. The van der Waals surface area contributed by atoms with Crippen molar-refractivity contribution in [3.63, 3.8) is 0 Å². The summed E-state index contributed by atoms with van der Waals surface area (Å²) >= 11 is 1.79. The second kappa shape index (κ2) is 12.8. The molecular weight excluding hydrogens is 404 g/mol. The van der Waals surface area contributed by atoms with Crippen LogP contribution in [0.15, 0.2) is 36.4 Å². The highest BCUT2D eigenvalue weighted by atomic mass is 32.1. The lowest BCUT2D eigenvalue weighted by atomic mass is 10.1. The minimum atomic E-state index is 0.170. The highest BCUT2D eigenvalue weighted by Gasteiger charge is 2.25. The first-order chi connectivity index (χ1) is 14.8. The van der Waals surface area contributed by atoms with Gasteiger partial charge in [0.1, 0.15) is 5.78 Å². The molecule has 1 aromatic heterocycles. The van der Waals surface area contributed by atoms with Gasteiger partial charge in [-0.25, -0.2) is 0 Å². The molecule has 2 fully saturated rings. The number of nitrogens with zero attached hydrogens (tertiary/aromatic N) is 1. The maximum atomic E-state index is 12.4. The van der Waals surface area contributed by atoms with Gasteiger partial charge in [0.25, 0.3) is 5.91 Å². The van der Waals surface area contributed by atoms with Crippen LogP contribution < -0.4 is 5.32 Å². The molecule has 1 unspecified atom stereocenters. The van der Waals surface area contributed by atoms with Crippen LogP contribution in [0, 0.1) is 12.8 Å². The van der Waals surface area contributed by atoms with Gasteiger partial charge in [0, 0.05) is 33.8 Å². The molecule has 5 heteroatoms. The van der Waals surface area contributed by atoms with E-state index >= 15 is 0 Å². The molecule has 0 radical (unpaired) electrons. The summed E-state index contributed by atoms with van der Waals surface area (Å²) in [5, 5.41) is 3.22. The van der Waals surface area contributed by atoms with E-state index in [9.17, 15) is 9.59 Å². The number of hydrogen-bond donors (Lipinski definition) is 1. The highest BCUT2D eigenvalue weighted by molar-refractivity contribution is 7.15. The standard InChI is InChI=1S/C17H19NOS.C5H10O.C4H9N/c1-12-4-3-11-18(12)17(19)15-8-6-14(7-9-15)16-10-5-13(2)20-16;1-4(2)5(3)6;1-2-4-5-3-1/h5-10,12H,3-4,11H2,1-2H3;4H,1-3H3;5H,1-4H2. The molecule has 1 amide bonds. The lowest BCUT2D eigenvalue weighted by Crippen LogP contribution is -2.33. The largest absolute Gasteiger partial charge is 0.336 e. The Morgan fingerprint density at radius 1 is 1.03 bits per heavy atom. The third-order valence-electron chi connectivity index (χ3n) is 5.74. The van der Waals surface area contributed by atoms with E-state index < -0.39 is 0 Å². The van der Waals surface area contributed by atoms with Crippen LogP contribution in [0.2, 0.25) is 0 Å². The molecule has 1 aromatic carbocycles. The van der Waals surface area contributed by atoms with E-state index in [1.165, 1.54) is 41.2 Å². The van der Waals surface area contributed by atoms with Crippen LogP contribution in [0.5, 0.6) is 0 Å². The Labute approximate surface area is 192 Å². The number of carbonyl (C=O) groups excluding carboxylic acids is 2. The zero-order valence-corrected chi connectivity index (χ0v) is 20.6. The number of likely N-dealkylation sites (tertiary alicyclic amines) is 1. The number of benzene rings is 1. The first-order valence-electron chi connectivity index (χ1n) is 11.5. The molecular formula is C26H38N2O2S. The summed E-state index contributed by atoms with van der Waals surface area (Å²) in [6.07, 6.45) is 5.03. The van der Waals surface area contributed by atoms with Gasteiger partial charge in [0.15, 0.2) is 0 Å². The molecule has 0 bridgehead atoms. The summed E-state index contributed by atoms with van der Waals surface area (Å²) in [5.41, 5.74) is 1.99. The van der Waals surface area contributed by atoms with Gasteiger partial charge < -0.3 is 10.2 Å². The second-order valence-electron chi connectivity index (χ2n) is 8.70. The average molecular weight is 443 g/mol. The molecule has 4 rings (SSSR count). The van der Waals surface area contributed by atoms with Crippen LogP contribution in [0.25, 0.3) is 10.4 Å². The van der Waals surface area contributed by atoms with E-state index in [1.807, 2.05) is 30.9 Å². The highest BCUT2D eigenvalue weighted by Crippen LogP contribution is 2.28. The van der Waals surface area contributed by atoms with E-state index in [0.29, 0.717) is 6.04 Å². The number of ketones is 1. The van der Waals surface area contributed by atoms with Crippen molar-refractivity contribution in [2.75, 3.05) is 19.6 Å². The average Bonchev–Trinajstić information content (AvgIpc) is 3.52. The number of hydrogen-bond acceptors (Lipinski definition) is 4. The predicted octanol–water partition coefficient (Wildman–Crippen LogP) is 5.95. The molecule has 2 aliphatic rings. The molecule has 0 spiro atoms. The number of Topliss-reactive ketones (excluding diaryl/α,β-unsaturated/α-hetero) is 1. The van der Waals surface area contributed by atoms with Gasteiger partial charge >= 0.3 is 0 Å². The zero-order valence-electron chi connectivity index (χ0n) is 19.7. The van der Waals surface area contributed by atoms with Crippen molar-refractivity contribution in [2.24, 2.45) is 5.92 Å². The Balaban J connectivity index is 0.000000255. The first kappa shape index (κ1) is 25.3. The lowest BCUT2D eigenvalue weighted by Gasteiger charge is -2.21. The molecule has 1 atom stereocenters. The predicted molar refractivity (Wildman–Crippen MR) is 132 cm³/mol. The number of aryl methyl sites for hydroxylation is 1. The fourth-order valence-corrected chi connectivity index (χ4v) is 4.27. The summed E-state index contributed by atoms with van der Waals surface area (Å²) in [6, 6.07) is 12.7. The van der Waals surface area contributed by atoms with Crippen molar-refractivity contribution in [3.8, 4) is 10.4 Å². The maximum Gasteiger partial charge on any atom is 0.254 e. The summed E-state index contributed by atoms with van der Waals surface area (Å²) in [4.78, 5) is 27.1. The molecule has 3 heterocycles. The number of thiophene rings is 1. The van der Waals surface area contributed by atoms with Crippen molar-refractivity contribution < 1.29 is 9.59 Å². The van der Waals surface area contributed by atoms with Gasteiger partial charge in [-0.2, -0.15) is 0 Å². The molecule has 170 valence electrons. The van der Waals surface area contributed by atoms with Crippen molar-refractivity contribution in [1.29, 1.82) is 0 Å². The summed E-state index contributed by atoms with van der Waals surface area (Å²) < 4.78 is 0. The quantitative estimate of drug-likeness (QED) is 0.639. The topological polar surface area (TPSA) is 49.4 Å². The Hall–Kier alpha value is -1.98. The molecule has 2 aromatic rings. The van der Waals surface area contributed by atoms with Crippen LogP contribution in [-0.2, 0) is 4.79 Å². The van der Waals surface area contributed by atoms with Crippen molar-refractivity contribution in [2.45, 2.75) is 66.3 Å². The van der Waals surface area contributed by atoms with Crippen LogP contribution in [0.4, 0.5) is 0 Å². The van der Waals surface area contributed by atoms with Gasteiger partial charge in [0.2, 0.25) is 0 Å². The summed E-state index contributed by atoms with van der Waals surface area (Å²) in [6.45, 7) is 13.0. The number of amides is 1. The Kier molecular flexibility index (Phi) is 10.4. The number of rotatable bonds is 3. The minimum absolute atomic E-state index is 0.170. The van der Waals surface area contributed by atoms with Gasteiger partial charge in [0.05, 0.1) is 0 Å². The van der Waals surface area contributed by atoms with E-state index in [1.54, 1.807) is 18.3 Å². The van der Waals surface area contributed by atoms with Crippen molar-refractivity contribution >= 4 is 23.0 Å². The van der Waals surface area contributed by atoms with E-state index in [-0.39, 0.29) is 17.6 Å².